The van der Waals surface area contributed by atoms with Crippen LogP contribution in [-0.2, 0) is 5.75 Å². The van der Waals surface area contributed by atoms with Crippen LogP contribution in [0.1, 0.15) is 12.5 Å². The Balaban J connectivity index is 2.71. The third-order valence-electron chi connectivity index (χ3n) is 1.69. The number of hydrogen-bond acceptors (Lipinski definition) is 2. The molecule has 0 atom stereocenters. The Bertz CT molecular complexity index is 276. The molecule has 0 heterocycles. The van der Waals surface area contributed by atoms with Crippen molar-refractivity contribution in [2.45, 2.75) is 12.7 Å². The molecule has 72 valence electrons. The summed E-state index contributed by atoms with van der Waals surface area (Å²) in [7, 11) is 1.68. The van der Waals surface area contributed by atoms with Gasteiger partial charge in [-0.3, -0.25) is 0 Å². The van der Waals surface area contributed by atoms with Crippen LogP contribution < -0.4 is 4.74 Å². The molecule has 1 aromatic carbocycles. The Labute approximate surface area is 92.0 Å². The SMILES string of the molecule is CCSCc1ccc(OC)c(Br)c1. The number of thioether (sulfide) groups is 1. The van der Waals surface area contributed by atoms with Crippen LogP contribution in [0, 0.1) is 0 Å². The number of halogens is 1. The van der Waals surface area contributed by atoms with E-state index < -0.39 is 0 Å². The number of hydrogen-bond donors (Lipinski definition) is 0. The van der Waals surface area contributed by atoms with Crippen LogP contribution in [0.15, 0.2) is 22.7 Å². The summed E-state index contributed by atoms with van der Waals surface area (Å²) in [5.74, 6) is 3.12. The van der Waals surface area contributed by atoms with Gasteiger partial charge < -0.3 is 4.74 Å². The van der Waals surface area contributed by atoms with Gasteiger partial charge in [-0.1, -0.05) is 13.0 Å². The molecule has 0 unspecified atom stereocenters. The van der Waals surface area contributed by atoms with E-state index in [0.29, 0.717) is 0 Å². The molecular weight excluding hydrogens is 248 g/mol. The number of benzene rings is 1. The van der Waals surface area contributed by atoms with Gasteiger partial charge in [0.25, 0.3) is 0 Å². The fraction of sp³-hybridized carbons (Fsp3) is 0.400. The summed E-state index contributed by atoms with van der Waals surface area (Å²) in [6, 6.07) is 6.21. The van der Waals surface area contributed by atoms with Crippen molar-refractivity contribution >= 4 is 27.7 Å². The molecule has 0 amide bonds. The summed E-state index contributed by atoms with van der Waals surface area (Å²) in [5.41, 5.74) is 1.33. The third-order valence-corrected chi connectivity index (χ3v) is 3.25. The Morgan fingerprint density at radius 3 is 2.77 bits per heavy atom. The van der Waals surface area contributed by atoms with Crippen LogP contribution in [0.4, 0.5) is 0 Å². The Hall–Kier alpha value is -0.150. The maximum absolute atomic E-state index is 5.15. The monoisotopic (exact) mass is 260 g/mol. The molecule has 1 aromatic rings. The zero-order chi connectivity index (χ0) is 9.68. The van der Waals surface area contributed by atoms with E-state index in [1.165, 1.54) is 5.56 Å². The normalized spacial score (nSPS) is 10.1. The van der Waals surface area contributed by atoms with Crippen molar-refractivity contribution < 1.29 is 4.74 Å². The highest BCUT2D eigenvalue weighted by Crippen LogP contribution is 2.26. The lowest BCUT2D eigenvalue weighted by Crippen LogP contribution is -1.86. The van der Waals surface area contributed by atoms with Crippen molar-refractivity contribution in [1.29, 1.82) is 0 Å². The minimum Gasteiger partial charge on any atom is -0.496 e. The molecule has 0 N–H and O–H groups in total. The zero-order valence-corrected chi connectivity index (χ0v) is 10.2. The standard InChI is InChI=1S/C10H13BrOS/c1-3-13-7-8-4-5-10(12-2)9(11)6-8/h4-6H,3,7H2,1-2H3. The first kappa shape index (κ1) is 10.9. The Morgan fingerprint density at radius 1 is 1.46 bits per heavy atom. The van der Waals surface area contributed by atoms with E-state index >= 15 is 0 Å². The van der Waals surface area contributed by atoms with Crippen LogP contribution in [0.5, 0.6) is 5.75 Å². The molecule has 0 saturated carbocycles. The highest BCUT2D eigenvalue weighted by Gasteiger charge is 2.00. The average Bonchev–Trinajstić information content (AvgIpc) is 2.15. The third kappa shape index (κ3) is 3.24. The molecule has 1 rings (SSSR count). The number of methoxy groups -OCH3 is 1. The highest BCUT2D eigenvalue weighted by molar-refractivity contribution is 9.10. The van der Waals surface area contributed by atoms with E-state index in [-0.39, 0.29) is 0 Å². The molecule has 0 aliphatic heterocycles. The van der Waals surface area contributed by atoms with Crippen molar-refractivity contribution in [3.05, 3.63) is 28.2 Å². The van der Waals surface area contributed by atoms with Gasteiger partial charge in [0.15, 0.2) is 0 Å². The molecular formula is C10H13BrOS. The maximum atomic E-state index is 5.15. The van der Waals surface area contributed by atoms with Gasteiger partial charge in [0.2, 0.25) is 0 Å². The molecule has 0 aliphatic carbocycles. The molecule has 0 aliphatic rings. The van der Waals surface area contributed by atoms with Crippen molar-refractivity contribution in [2.75, 3.05) is 12.9 Å². The van der Waals surface area contributed by atoms with Gasteiger partial charge in [0.05, 0.1) is 11.6 Å². The molecule has 0 bridgehead atoms. The molecule has 0 fully saturated rings. The van der Waals surface area contributed by atoms with Gasteiger partial charge >= 0.3 is 0 Å². The zero-order valence-electron chi connectivity index (χ0n) is 7.84. The highest BCUT2D eigenvalue weighted by atomic mass is 79.9. The molecule has 0 radical (unpaired) electrons. The van der Waals surface area contributed by atoms with Gasteiger partial charge in [-0.15, -0.1) is 0 Å². The summed E-state index contributed by atoms with van der Waals surface area (Å²) in [6.07, 6.45) is 0. The summed E-state index contributed by atoms with van der Waals surface area (Å²) >= 11 is 5.39. The average molecular weight is 261 g/mol. The Morgan fingerprint density at radius 2 is 2.23 bits per heavy atom. The molecule has 3 heteroatoms. The second kappa shape index (κ2) is 5.55. The molecule has 13 heavy (non-hydrogen) atoms. The van der Waals surface area contributed by atoms with Gasteiger partial charge in [0.1, 0.15) is 5.75 Å². The van der Waals surface area contributed by atoms with Crippen LogP contribution in [0.3, 0.4) is 0 Å². The lowest BCUT2D eigenvalue weighted by molar-refractivity contribution is 0.412. The smallest absolute Gasteiger partial charge is 0.133 e. The van der Waals surface area contributed by atoms with Crippen LogP contribution in [0.25, 0.3) is 0 Å². The van der Waals surface area contributed by atoms with Gasteiger partial charge in [-0.2, -0.15) is 11.8 Å². The fourth-order valence-electron chi connectivity index (χ4n) is 1.02. The topological polar surface area (TPSA) is 9.23 Å². The van der Waals surface area contributed by atoms with Crippen LogP contribution in [0.2, 0.25) is 0 Å². The second-order valence-corrected chi connectivity index (χ2v) is 4.73. The first-order chi connectivity index (χ1) is 6.27. The second-order valence-electron chi connectivity index (χ2n) is 2.61. The van der Waals surface area contributed by atoms with E-state index in [9.17, 15) is 0 Å². The predicted molar refractivity (Wildman–Crippen MR) is 62.5 cm³/mol. The van der Waals surface area contributed by atoms with E-state index in [2.05, 4.69) is 35.0 Å². The maximum Gasteiger partial charge on any atom is 0.133 e. The molecule has 0 aromatic heterocycles. The molecule has 0 saturated heterocycles. The van der Waals surface area contributed by atoms with E-state index in [1.54, 1.807) is 7.11 Å². The van der Waals surface area contributed by atoms with Gasteiger partial charge in [-0.05, 0) is 39.4 Å². The predicted octanol–water partition coefficient (Wildman–Crippen LogP) is 3.71. The first-order valence-electron chi connectivity index (χ1n) is 4.18. The van der Waals surface area contributed by atoms with E-state index in [0.717, 1.165) is 21.7 Å². The van der Waals surface area contributed by atoms with Crippen molar-refractivity contribution in [1.82, 2.24) is 0 Å². The van der Waals surface area contributed by atoms with Gasteiger partial charge in [-0.25, -0.2) is 0 Å². The van der Waals surface area contributed by atoms with Crippen molar-refractivity contribution in [2.24, 2.45) is 0 Å². The van der Waals surface area contributed by atoms with Crippen LogP contribution in [-0.4, -0.2) is 12.9 Å². The summed E-state index contributed by atoms with van der Waals surface area (Å²) in [5, 5.41) is 0. The number of ether oxygens (including phenoxy) is 1. The van der Waals surface area contributed by atoms with E-state index in [1.807, 2.05) is 17.8 Å². The minimum atomic E-state index is 0.894. The van der Waals surface area contributed by atoms with Gasteiger partial charge in [0, 0.05) is 5.75 Å². The summed E-state index contributed by atoms with van der Waals surface area (Å²) in [6.45, 7) is 2.17. The van der Waals surface area contributed by atoms with Crippen molar-refractivity contribution in [3.63, 3.8) is 0 Å². The first-order valence-corrected chi connectivity index (χ1v) is 6.13. The largest absolute Gasteiger partial charge is 0.496 e. The summed E-state index contributed by atoms with van der Waals surface area (Å²) in [4.78, 5) is 0. The van der Waals surface area contributed by atoms with Crippen molar-refractivity contribution in [3.8, 4) is 5.75 Å². The lowest BCUT2D eigenvalue weighted by atomic mass is 10.2. The minimum absolute atomic E-state index is 0.894. The lowest BCUT2D eigenvalue weighted by Gasteiger charge is -2.05. The van der Waals surface area contributed by atoms with Crippen LogP contribution >= 0.6 is 27.7 Å². The molecule has 0 spiro atoms. The molecule has 1 nitrogen and oxygen atoms in total. The quantitative estimate of drug-likeness (QED) is 0.817. The summed E-state index contributed by atoms with van der Waals surface area (Å²) < 4.78 is 6.18. The van der Waals surface area contributed by atoms with E-state index in [4.69, 9.17) is 4.74 Å². The Kier molecular flexibility index (Phi) is 4.67. The fourth-order valence-corrected chi connectivity index (χ4v) is 2.23. The number of rotatable bonds is 4.